The van der Waals surface area contributed by atoms with Crippen molar-refractivity contribution in [1.82, 2.24) is 10.2 Å². The molecule has 0 fully saturated rings. The Labute approximate surface area is 154 Å². The molecule has 0 radical (unpaired) electrons. The van der Waals surface area contributed by atoms with E-state index < -0.39 is 0 Å². The lowest BCUT2D eigenvalue weighted by Crippen LogP contribution is -2.12. The molecule has 0 saturated heterocycles. The minimum atomic E-state index is -0.285. The standard InChI is InChI=1S/C18H19N3O2S2/c1-2-3-9-15-20-21-18(25-15)19-17(22)16-13(10-11-23-16)12-24-14-7-5-4-6-8-14/h4-8,10-11H,2-3,9,12H2,1H3,(H,19,21,22). The summed E-state index contributed by atoms with van der Waals surface area (Å²) in [4.78, 5) is 13.6. The molecule has 0 atom stereocenters. The minimum absolute atomic E-state index is 0.285. The Balaban J connectivity index is 1.61. The van der Waals surface area contributed by atoms with Crippen LogP contribution < -0.4 is 5.32 Å². The first kappa shape index (κ1) is 17.7. The lowest BCUT2D eigenvalue weighted by molar-refractivity contribution is 0.0995. The zero-order valence-electron chi connectivity index (χ0n) is 13.9. The highest BCUT2D eigenvalue weighted by Gasteiger charge is 2.17. The maximum absolute atomic E-state index is 12.5. The number of carbonyl (C=O) groups is 1. The molecule has 3 aromatic rings. The summed E-state index contributed by atoms with van der Waals surface area (Å²) in [5.41, 5.74) is 0.863. The van der Waals surface area contributed by atoms with Crippen LogP contribution in [0.25, 0.3) is 0 Å². The molecule has 5 nitrogen and oxygen atoms in total. The van der Waals surface area contributed by atoms with Crippen LogP contribution in [0.4, 0.5) is 5.13 Å². The summed E-state index contributed by atoms with van der Waals surface area (Å²) in [5, 5.41) is 12.4. The van der Waals surface area contributed by atoms with E-state index in [1.54, 1.807) is 18.0 Å². The Morgan fingerprint density at radius 3 is 2.88 bits per heavy atom. The summed E-state index contributed by atoms with van der Waals surface area (Å²) >= 11 is 3.08. The molecule has 7 heteroatoms. The van der Waals surface area contributed by atoms with Crippen molar-refractivity contribution < 1.29 is 9.21 Å². The lowest BCUT2D eigenvalue weighted by atomic mass is 10.3. The average Bonchev–Trinajstić information content (AvgIpc) is 3.28. The van der Waals surface area contributed by atoms with E-state index in [-0.39, 0.29) is 5.91 Å². The molecular weight excluding hydrogens is 354 g/mol. The first-order chi connectivity index (χ1) is 12.3. The first-order valence-electron chi connectivity index (χ1n) is 8.14. The summed E-state index contributed by atoms with van der Waals surface area (Å²) in [6, 6.07) is 11.9. The van der Waals surface area contributed by atoms with Crippen LogP contribution in [0.1, 0.15) is 40.9 Å². The topological polar surface area (TPSA) is 68.0 Å². The van der Waals surface area contributed by atoms with E-state index in [4.69, 9.17) is 4.42 Å². The van der Waals surface area contributed by atoms with E-state index in [9.17, 15) is 4.79 Å². The molecule has 130 valence electrons. The Kier molecular flexibility index (Phi) is 6.25. The second kappa shape index (κ2) is 8.82. The van der Waals surface area contributed by atoms with Crippen molar-refractivity contribution in [2.24, 2.45) is 0 Å². The van der Waals surface area contributed by atoms with Crippen LogP contribution >= 0.6 is 23.1 Å². The molecule has 2 heterocycles. The van der Waals surface area contributed by atoms with Crippen LogP contribution in [0.15, 0.2) is 52.0 Å². The molecule has 1 amide bonds. The summed E-state index contributed by atoms with van der Waals surface area (Å²) in [5.74, 6) is 0.710. The van der Waals surface area contributed by atoms with Gasteiger partial charge in [-0.05, 0) is 24.6 Å². The van der Waals surface area contributed by atoms with Crippen LogP contribution in [0.2, 0.25) is 0 Å². The number of hydrogen-bond acceptors (Lipinski definition) is 6. The predicted octanol–water partition coefficient (Wildman–Crippen LogP) is 5.02. The number of amides is 1. The van der Waals surface area contributed by atoms with E-state index in [1.165, 1.54) is 11.3 Å². The quantitative estimate of drug-likeness (QED) is 0.562. The number of nitrogens with zero attached hydrogens (tertiary/aromatic N) is 2. The average molecular weight is 374 g/mol. The number of furan rings is 1. The molecule has 0 aliphatic carbocycles. The van der Waals surface area contributed by atoms with Crippen LogP contribution in [-0.4, -0.2) is 16.1 Å². The number of nitrogens with one attached hydrogen (secondary N) is 1. The smallest absolute Gasteiger partial charge is 0.293 e. The second-order valence-electron chi connectivity index (χ2n) is 5.44. The molecule has 2 aromatic heterocycles. The highest BCUT2D eigenvalue weighted by atomic mass is 32.2. The van der Waals surface area contributed by atoms with E-state index in [0.717, 1.165) is 34.7 Å². The van der Waals surface area contributed by atoms with Gasteiger partial charge in [0.2, 0.25) is 5.13 Å². The normalized spacial score (nSPS) is 10.8. The number of aryl methyl sites for hydroxylation is 1. The number of anilines is 1. The molecule has 0 aliphatic rings. The summed E-state index contributed by atoms with van der Waals surface area (Å²) in [6.45, 7) is 2.13. The van der Waals surface area contributed by atoms with Crippen molar-refractivity contribution in [3.05, 3.63) is 59.0 Å². The molecule has 0 saturated carbocycles. The molecule has 1 aromatic carbocycles. The Morgan fingerprint density at radius 2 is 2.08 bits per heavy atom. The molecule has 0 bridgehead atoms. The summed E-state index contributed by atoms with van der Waals surface area (Å²) in [7, 11) is 0. The fourth-order valence-electron chi connectivity index (χ4n) is 2.21. The molecule has 25 heavy (non-hydrogen) atoms. The predicted molar refractivity (Wildman–Crippen MR) is 101 cm³/mol. The van der Waals surface area contributed by atoms with Crippen molar-refractivity contribution >= 4 is 34.1 Å². The molecule has 0 spiro atoms. The minimum Gasteiger partial charge on any atom is -0.459 e. The van der Waals surface area contributed by atoms with Gasteiger partial charge in [0.1, 0.15) is 5.01 Å². The fourth-order valence-corrected chi connectivity index (χ4v) is 3.89. The van der Waals surface area contributed by atoms with Gasteiger partial charge in [-0.3, -0.25) is 10.1 Å². The van der Waals surface area contributed by atoms with Crippen LogP contribution in [0.3, 0.4) is 0 Å². The van der Waals surface area contributed by atoms with Gasteiger partial charge in [0.05, 0.1) is 6.26 Å². The highest BCUT2D eigenvalue weighted by molar-refractivity contribution is 7.98. The number of aromatic nitrogens is 2. The van der Waals surface area contributed by atoms with Gasteiger partial charge in [-0.15, -0.1) is 22.0 Å². The monoisotopic (exact) mass is 373 g/mol. The number of unbranched alkanes of at least 4 members (excludes halogenated alkanes) is 1. The van der Waals surface area contributed by atoms with E-state index in [2.05, 4.69) is 22.4 Å². The van der Waals surface area contributed by atoms with Crippen molar-refractivity contribution in [3.8, 4) is 0 Å². The zero-order chi connectivity index (χ0) is 17.5. The van der Waals surface area contributed by atoms with Gasteiger partial charge >= 0.3 is 0 Å². The number of benzene rings is 1. The fraction of sp³-hybridized carbons (Fsp3) is 0.278. The number of thioether (sulfide) groups is 1. The Morgan fingerprint density at radius 1 is 1.24 bits per heavy atom. The van der Waals surface area contributed by atoms with Gasteiger partial charge in [0.25, 0.3) is 5.91 Å². The van der Waals surface area contributed by atoms with Crippen LogP contribution in [0, 0.1) is 0 Å². The highest BCUT2D eigenvalue weighted by Crippen LogP contribution is 2.26. The summed E-state index contributed by atoms with van der Waals surface area (Å²) in [6.07, 6.45) is 4.62. The van der Waals surface area contributed by atoms with Crippen molar-refractivity contribution in [2.75, 3.05) is 5.32 Å². The Bertz CT molecular complexity index is 815. The van der Waals surface area contributed by atoms with Crippen LogP contribution in [0.5, 0.6) is 0 Å². The SMILES string of the molecule is CCCCc1nnc(NC(=O)c2occc2CSc2ccccc2)s1. The third-order valence-corrected chi connectivity index (χ3v) is 5.48. The largest absolute Gasteiger partial charge is 0.459 e. The number of hydrogen-bond donors (Lipinski definition) is 1. The third-order valence-electron chi connectivity index (χ3n) is 3.52. The molecular formula is C18H19N3O2S2. The Hall–Kier alpha value is -2.12. The van der Waals surface area contributed by atoms with E-state index >= 15 is 0 Å². The summed E-state index contributed by atoms with van der Waals surface area (Å²) < 4.78 is 5.39. The number of carbonyl (C=O) groups excluding carboxylic acids is 1. The van der Waals surface area contributed by atoms with E-state index in [0.29, 0.717) is 16.6 Å². The maximum atomic E-state index is 12.5. The van der Waals surface area contributed by atoms with Gasteiger partial charge < -0.3 is 4.42 Å². The van der Waals surface area contributed by atoms with Gasteiger partial charge in [-0.2, -0.15) is 0 Å². The third kappa shape index (κ3) is 4.93. The van der Waals surface area contributed by atoms with Gasteiger partial charge in [-0.25, -0.2) is 0 Å². The molecule has 0 aliphatic heterocycles. The van der Waals surface area contributed by atoms with Crippen molar-refractivity contribution in [3.63, 3.8) is 0 Å². The van der Waals surface area contributed by atoms with Crippen molar-refractivity contribution in [1.29, 1.82) is 0 Å². The second-order valence-corrected chi connectivity index (χ2v) is 7.55. The first-order valence-corrected chi connectivity index (χ1v) is 9.94. The molecule has 1 N–H and O–H groups in total. The molecule has 0 unspecified atom stereocenters. The van der Waals surface area contributed by atoms with Crippen molar-refractivity contribution in [2.45, 2.75) is 36.8 Å². The van der Waals surface area contributed by atoms with Gasteiger partial charge in [0.15, 0.2) is 5.76 Å². The zero-order valence-corrected chi connectivity index (χ0v) is 15.5. The van der Waals surface area contributed by atoms with Gasteiger partial charge in [0, 0.05) is 22.6 Å². The van der Waals surface area contributed by atoms with Gasteiger partial charge in [-0.1, -0.05) is 42.9 Å². The van der Waals surface area contributed by atoms with Crippen LogP contribution in [-0.2, 0) is 12.2 Å². The maximum Gasteiger partial charge on any atom is 0.293 e. The lowest BCUT2D eigenvalue weighted by Gasteiger charge is -2.03. The van der Waals surface area contributed by atoms with E-state index in [1.807, 2.05) is 36.4 Å². The number of rotatable bonds is 8. The molecule has 3 rings (SSSR count).